The smallest absolute Gasteiger partial charge is 0.152 e. The topological polar surface area (TPSA) is 72.6 Å². The quantitative estimate of drug-likeness (QED) is 0.693. The Hall–Kier alpha value is -2.50. The predicted molar refractivity (Wildman–Crippen MR) is 88.8 cm³/mol. The van der Waals surface area contributed by atoms with Crippen molar-refractivity contribution in [2.45, 2.75) is 26.2 Å². The van der Waals surface area contributed by atoms with Gasteiger partial charge in [-0.2, -0.15) is 5.10 Å². The van der Waals surface area contributed by atoms with Gasteiger partial charge in [0.15, 0.2) is 5.82 Å². The van der Waals surface area contributed by atoms with Gasteiger partial charge in [-0.25, -0.2) is 4.98 Å². The third kappa shape index (κ3) is 2.41. The van der Waals surface area contributed by atoms with Crippen molar-refractivity contribution in [3.63, 3.8) is 0 Å². The van der Waals surface area contributed by atoms with Crippen LogP contribution in [0.2, 0.25) is 0 Å². The lowest BCUT2D eigenvalue weighted by Crippen LogP contribution is -2.29. The molecule has 1 aliphatic rings. The molecular formula is C16H20N6. The third-order valence-electron chi connectivity index (χ3n) is 4.20. The number of aromatic amines is 2. The van der Waals surface area contributed by atoms with Crippen molar-refractivity contribution in [3.05, 3.63) is 30.2 Å². The minimum absolute atomic E-state index is 0.817. The second-order valence-electron chi connectivity index (χ2n) is 5.90. The van der Waals surface area contributed by atoms with Crippen molar-refractivity contribution < 1.29 is 0 Å². The van der Waals surface area contributed by atoms with E-state index in [1.807, 2.05) is 13.0 Å². The molecule has 114 valence electrons. The summed E-state index contributed by atoms with van der Waals surface area (Å²) in [5.41, 5.74) is 5.27. The highest BCUT2D eigenvalue weighted by molar-refractivity contribution is 5.93. The lowest BCUT2D eigenvalue weighted by atomic mass is 10.1. The monoisotopic (exact) mass is 296 g/mol. The van der Waals surface area contributed by atoms with Gasteiger partial charge in [0.1, 0.15) is 5.52 Å². The Bertz CT molecular complexity index is 781. The zero-order valence-corrected chi connectivity index (χ0v) is 12.7. The van der Waals surface area contributed by atoms with E-state index < -0.39 is 0 Å². The van der Waals surface area contributed by atoms with Gasteiger partial charge in [0.2, 0.25) is 0 Å². The lowest BCUT2D eigenvalue weighted by Gasteiger charge is -2.29. The van der Waals surface area contributed by atoms with E-state index in [1.54, 1.807) is 6.33 Å². The van der Waals surface area contributed by atoms with Crippen LogP contribution >= 0.6 is 0 Å². The summed E-state index contributed by atoms with van der Waals surface area (Å²) in [6, 6.07) is 6.36. The second-order valence-corrected chi connectivity index (χ2v) is 5.90. The second kappa shape index (κ2) is 5.36. The lowest BCUT2D eigenvalue weighted by molar-refractivity contribution is 0.578. The molecule has 6 nitrogen and oxygen atoms in total. The van der Waals surface area contributed by atoms with Crippen molar-refractivity contribution >= 4 is 28.2 Å². The zero-order chi connectivity index (χ0) is 14.9. The average Bonchev–Trinajstić information content (AvgIpc) is 3.17. The summed E-state index contributed by atoms with van der Waals surface area (Å²) >= 11 is 0. The molecule has 0 aliphatic carbocycles. The van der Waals surface area contributed by atoms with Crippen LogP contribution in [0, 0.1) is 6.92 Å². The fourth-order valence-electron chi connectivity index (χ4n) is 3.08. The summed E-state index contributed by atoms with van der Waals surface area (Å²) in [6.45, 7) is 4.24. The maximum atomic E-state index is 4.43. The molecule has 0 amide bonds. The number of rotatable bonds is 3. The van der Waals surface area contributed by atoms with Gasteiger partial charge in [-0.3, -0.25) is 5.10 Å². The summed E-state index contributed by atoms with van der Waals surface area (Å²) in [5.74, 6) is 0.817. The van der Waals surface area contributed by atoms with Crippen LogP contribution in [0.1, 0.15) is 25.0 Å². The van der Waals surface area contributed by atoms with Crippen molar-refractivity contribution in [1.29, 1.82) is 0 Å². The van der Waals surface area contributed by atoms with Crippen molar-refractivity contribution in [2.75, 3.05) is 23.3 Å². The zero-order valence-electron chi connectivity index (χ0n) is 12.7. The summed E-state index contributed by atoms with van der Waals surface area (Å²) < 4.78 is 0. The van der Waals surface area contributed by atoms with E-state index in [1.165, 1.54) is 24.9 Å². The van der Waals surface area contributed by atoms with Crippen LogP contribution in [-0.4, -0.2) is 33.3 Å². The fourth-order valence-corrected chi connectivity index (χ4v) is 3.08. The molecule has 1 aromatic carbocycles. The van der Waals surface area contributed by atoms with Crippen LogP contribution in [0.25, 0.3) is 11.0 Å². The molecule has 1 fully saturated rings. The Labute approximate surface area is 128 Å². The van der Waals surface area contributed by atoms with Gasteiger partial charge in [-0.1, -0.05) is 0 Å². The largest absolute Gasteiger partial charge is 0.371 e. The molecule has 3 N–H and O–H groups in total. The minimum atomic E-state index is 0.817. The first kappa shape index (κ1) is 13.2. The Balaban J connectivity index is 1.73. The molecule has 0 atom stereocenters. The molecule has 0 unspecified atom stereocenters. The summed E-state index contributed by atoms with van der Waals surface area (Å²) in [7, 11) is 0. The highest BCUT2D eigenvalue weighted by Gasteiger charge is 2.15. The minimum Gasteiger partial charge on any atom is -0.371 e. The molecule has 0 spiro atoms. The van der Waals surface area contributed by atoms with Crippen LogP contribution in [-0.2, 0) is 0 Å². The van der Waals surface area contributed by atoms with Gasteiger partial charge in [-0.05, 0) is 38.3 Å². The molecule has 0 saturated carbocycles. The standard InChI is InChI=1S/C16H20N6/c1-11-7-15(21-20-11)19-14-9-12(22-5-3-2-4-6-22)8-13-16(14)18-10-17-13/h7-10H,2-6H2,1H3,(H,17,18)(H2,19,20,21). The highest BCUT2D eigenvalue weighted by atomic mass is 15.2. The van der Waals surface area contributed by atoms with Crippen LogP contribution in [0.4, 0.5) is 17.2 Å². The molecule has 3 heterocycles. The SMILES string of the molecule is Cc1cc(Nc2cc(N3CCCCC3)cc3[nH]cnc23)n[nH]1. The van der Waals surface area contributed by atoms with Crippen molar-refractivity contribution in [3.8, 4) is 0 Å². The molecule has 22 heavy (non-hydrogen) atoms. The van der Waals surface area contributed by atoms with Crippen LogP contribution < -0.4 is 10.2 Å². The fraction of sp³-hybridized carbons (Fsp3) is 0.375. The first-order valence-electron chi connectivity index (χ1n) is 7.81. The number of piperidine rings is 1. The molecule has 6 heteroatoms. The molecular weight excluding hydrogens is 276 g/mol. The molecule has 3 aromatic rings. The van der Waals surface area contributed by atoms with Gasteiger partial charge < -0.3 is 15.2 Å². The van der Waals surface area contributed by atoms with E-state index in [0.29, 0.717) is 0 Å². The third-order valence-corrected chi connectivity index (χ3v) is 4.20. The van der Waals surface area contributed by atoms with Crippen LogP contribution in [0.15, 0.2) is 24.5 Å². The first-order valence-corrected chi connectivity index (χ1v) is 7.81. The molecule has 1 saturated heterocycles. The van der Waals surface area contributed by atoms with Gasteiger partial charge in [0.05, 0.1) is 17.5 Å². The Kier molecular flexibility index (Phi) is 3.21. The predicted octanol–water partition coefficient (Wildman–Crippen LogP) is 3.33. The molecule has 2 aromatic heterocycles. The normalized spacial score (nSPS) is 15.4. The maximum Gasteiger partial charge on any atom is 0.152 e. The number of anilines is 3. The number of H-pyrrole nitrogens is 2. The Morgan fingerprint density at radius 2 is 2.00 bits per heavy atom. The highest BCUT2D eigenvalue weighted by Crippen LogP contribution is 2.31. The van der Waals surface area contributed by atoms with E-state index in [-0.39, 0.29) is 0 Å². The number of hydrogen-bond donors (Lipinski definition) is 3. The van der Waals surface area contributed by atoms with E-state index in [2.05, 4.69) is 42.5 Å². The van der Waals surface area contributed by atoms with E-state index in [0.717, 1.165) is 41.3 Å². The van der Waals surface area contributed by atoms with Gasteiger partial charge in [0, 0.05) is 30.5 Å². The van der Waals surface area contributed by atoms with Crippen LogP contribution in [0.3, 0.4) is 0 Å². The van der Waals surface area contributed by atoms with E-state index >= 15 is 0 Å². The number of hydrogen-bond acceptors (Lipinski definition) is 4. The Morgan fingerprint density at radius 3 is 2.77 bits per heavy atom. The van der Waals surface area contributed by atoms with Gasteiger partial charge in [-0.15, -0.1) is 0 Å². The summed E-state index contributed by atoms with van der Waals surface area (Å²) in [6.07, 6.45) is 5.61. The van der Waals surface area contributed by atoms with Crippen molar-refractivity contribution in [2.24, 2.45) is 0 Å². The number of imidazole rings is 1. The number of nitrogens with one attached hydrogen (secondary N) is 3. The molecule has 4 rings (SSSR count). The van der Waals surface area contributed by atoms with Crippen LogP contribution in [0.5, 0.6) is 0 Å². The molecule has 0 bridgehead atoms. The van der Waals surface area contributed by atoms with Crippen molar-refractivity contribution in [1.82, 2.24) is 20.2 Å². The molecule has 1 aliphatic heterocycles. The number of aryl methyl sites for hydroxylation is 1. The number of fused-ring (bicyclic) bond motifs is 1. The first-order chi connectivity index (χ1) is 10.8. The number of aromatic nitrogens is 4. The maximum absolute atomic E-state index is 4.43. The number of benzene rings is 1. The van der Waals surface area contributed by atoms with Gasteiger partial charge >= 0.3 is 0 Å². The van der Waals surface area contributed by atoms with E-state index in [9.17, 15) is 0 Å². The Morgan fingerprint density at radius 1 is 1.14 bits per heavy atom. The average molecular weight is 296 g/mol. The number of nitrogens with zero attached hydrogens (tertiary/aromatic N) is 3. The van der Waals surface area contributed by atoms with Gasteiger partial charge in [0.25, 0.3) is 0 Å². The summed E-state index contributed by atoms with van der Waals surface area (Å²) in [5, 5.41) is 10.6. The van der Waals surface area contributed by atoms with E-state index in [4.69, 9.17) is 0 Å². The summed E-state index contributed by atoms with van der Waals surface area (Å²) in [4.78, 5) is 10.1. The molecule has 0 radical (unpaired) electrons.